The lowest BCUT2D eigenvalue weighted by Gasteiger charge is -2.18. The molecule has 1 unspecified atom stereocenters. The quantitative estimate of drug-likeness (QED) is 0.523. The van der Waals surface area contributed by atoms with Crippen LogP contribution >= 0.6 is 11.8 Å². The molecule has 0 aliphatic carbocycles. The molecule has 0 spiro atoms. The second-order valence-electron chi connectivity index (χ2n) is 1.69. The van der Waals surface area contributed by atoms with Crippen LogP contribution in [0.3, 0.4) is 0 Å². The molecular formula is C5H6O4S. The Morgan fingerprint density at radius 2 is 2.30 bits per heavy atom. The molecule has 10 heavy (non-hydrogen) atoms. The molecule has 1 atom stereocenters. The third-order valence-electron chi connectivity index (χ3n) is 1.01. The Morgan fingerprint density at radius 3 is 2.80 bits per heavy atom. The van der Waals surface area contributed by atoms with Gasteiger partial charge in [0.05, 0.1) is 0 Å². The molecule has 0 aromatic carbocycles. The summed E-state index contributed by atoms with van der Waals surface area (Å²) in [6, 6.07) is 0. The van der Waals surface area contributed by atoms with E-state index in [1.54, 1.807) is 6.26 Å². The molecule has 5 heteroatoms. The van der Waals surface area contributed by atoms with Crippen molar-refractivity contribution in [1.29, 1.82) is 0 Å². The van der Waals surface area contributed by atoms with Crippen LogP contribution < -0.4 is 0 Å². The van der Waals surface area contributed by atoms with Crippen LogP contribution in [0.15, 0.2) is 0 Å². The standard InChI is InChI=1S/C5H6O4S/c1-10-4-3(6)2-8-5(7)9-4/h4H,2H2,1H3. The zero-order chi connectivity index (χ0) is 7.56. The Morgan fingerprint density at radius 1 is 1.60 bits per heavy atom. The van der Waals surface area contributed by atoms with Crippen LogP contribution in [-0.4, -0.2) is 30.2 Å². The number of Topliss-reactive ketones (excluding diaryl/α,β-unsaturated/α-hetero) is 1. The number of carbonyl (C=O) groups excluding carboxylic acids is 2. The first-order chi connectivity index (χ1) is 4.74. The fraction of sp³-hybridized carbons (Fsp3) is 0.600. The van der Waals surface area contributed by atoms with E-state index in [1.807, 2.05) is 0 Å². The van der Waals surface area contributed by atoms with Gasteiger partial charge in [0, 0.05) is 0 Å². The normalized spacial score (nSPS) is 25.5. The van der Waals surface area contributed by atoms with Gasteiger partial charge in [0.25, 0.3) is 0 Å². The molecule has 0 saturated carbocycles. The maximum atomic E-state index is 10.7. The molecule has 0 aromatic heterocycles. The second-order valence-corrected chi connectivity index (χ2v) is 2.59. The van der Waals surface area contributed by atoms with Crippen molar-refractivity contribution >= 4 is 23.7 Å². The first kappa shape index (κ1) is 7.40. The van der Waals surface area contributed by atoms with E-state index in [2.05, 4.69) is 9.47 Å². The van der Waals surface area contributed by atoms with Crippen molar-refractivity contribution in [3.8, 4) is 0 Å². The zero-order valence-electron chi connectivity index (χ0n) is 5.33. The van der Waals surface area contributed by atoms with Gasteiger partial charge in [0.2, 0.25) is 11.2 Å². The summed E-state index contributed by atoms with van der Waals surface area (Å²) in [7, 11) is 0. The van der Waals surface area contributed by atoms with Gasteiger partial charge in [-0.25, -0.2) is 4.79 Å². The van der Waals surface area contributed by atoms with E-state index in [9.17, 15) is 9.59 Å². The second kappa shape index (κ2) is 2.92. The van der Waals surface area contributed by atoms with E-state index in [-0.39, 0.29) is 12.4 Å². The Labute approximate surface area is 61.9 Å². The van der Waals surface area contributed by atoms with Crippen LogP contribution in [0.1, 0.15) is 0 Å². The Bertz CT molecular complexity index is 167. The van der Waals surface area contributed by atoms with Gasteiger partial charge in [0.15, 0.2) is 6.61 Å². The minimum absolute atomic E-state index is 0.162. The first-order valence-corrected chi connectivity index (χ1v) is 3.91. The number of hydrogen-bond donors (Lipinski definition) is 0. The molecule has 0 amide bonds. The maximum absolute atomic E-state index is 10.7. The smallest absolute Gasteiger partial charge is 0.426 e. The van der Waals surface area contributed by atoms with Gasteiger partial charge in [-0.1, -0.05) is 0 Å². The highest BCUT2D eigenvalue weighted by Crippen LogP contribution is 2.14. The van der Waals surface area contributed by atoms with Gasteiger partial charge in [-0.15, -0.1) is 11.8 Å². The summed E-state index contributed by atoms with van der Waals surface area (Å²) in [5, 5.41) is 0. The summed E-state index contributed by atoms with van der Waals surface area (Å²) in [6.07, 6.45) is 0.931. The number of hydrogen-bond acceptors (Lipinski definition) is 5. The largest absolute Gasteiger partial charge is 0.510 e. The highest BCUT2D eigenvalue weighted by molar-refractivity contribution is 7.99. The van der Waals surface area contributed by atoms with Crippen LogP contribution in [0.5, 0.6) is 0 Å². The van der Waals surface area contributed by atoms with Crippen molar-refractivity contribution < 1.29 is 19.1 Å². The number of ketones is 1. The van der Waals surface area contributed by atoms with Gasteiger partial charge < -0.3 is 9.47 Å². The minimum Gasteiger partial charge on any atom is -0.426 e. The van der Waals surface area contributed by atoms with Gasteiger partial charge in [-0.3, -0.25) is 4.79 Å². The van der Waals surface area contributed by atoms with E-state index in [1.165, 1.54) is 11.8 Å². The Hall–Kier alpha value is -0.710. The van der Waals surface area contributed by atoms with E-state index >= 15 is 0 Å². The number of thioether (sulfide) groups is 1. The minimum atomic E-state index is -0.765. The predicted molar refractivity (Wildman–Crippen MR) is 34.7 cm³/mol. The van der Waals surface area contributed by atoms with Gasteiger partial charge >= 0.3 is 6.16 Å². The lowest BCUT2D eigenvalue weighted by Crippen LogP contribution is -2.34. The van der Waals surface area contributed by atoms with Crippen molar-refractivity contribution in [2.75, 3.05) is 12.9 Å². The predicted octanol–water partition coefficient (Wildman–Crippen LogP) is 0.411. The van der Waals surface area contributed by atoms with E-state index < -0.39 is 11.6 Å². The molecule has 4 nitrogen and oxygen atoms in total. The van der Waals surface area contributed by atoms with Gasteiger partial charge in [-0.05, 0) is 6.26 Å². The lowest BCUT2D eigenvalue weighted by atomic mass is 10.4. The van der Waals surface area contributed by atoms with Crippen LogP contribution in [0.25, 0.3) is 0 Å². The molecule has 1 heterocycles. The van der Waals surface area contributed by atoms with E-state index in [4.69, 9.17) is 0 Å². The molecule has 1 saturated heterocycles. The SMILES string of the molecule is CSC1OC(=O)OCC1=O. The topological polar surface area (TPSA) is 52.6 Å². The van der Waals surface area contributed by atoms with Crippen molar-refractivity contribution in [2.24, 2.45) is 0 Å². The van der Waals surface area contributed by atoms with E-state index in [0.29, 0.717) is 0 Å². The van der Waals surface area contributed by atoms with Crippen LogP contribution in [0.2, 0.25) is 0 Å². The van der Waals surface area contributed by atoms with Crippen molar-refractivity contribution in [3.63, 3.8) is 0 Å². The third-order valence-corrected chi connectivity index (χ3v) is 1.80. The summed E-state index contributed by atoms with van der Waals surface area (Å²) < 4.78 is 8.80. The number of carbonyl (C=O) groups is 2. The van der Waals surface area contributed by atoms with Gasteiger partial charge in [0.1, 0.15) is 0 Å². The fourth-order valence-corrected chi connectivity index (χ4v) is 1.07. The van der Waals surface area contributed by atoms with E-state index in [0.717, 1.165) is 0 Å². The molecule has 0 N–H and O–H groups in total. The van der Waals surface area contributed by atoms with Crippen LogP contribution in [0.4, 0.5) is 4.79 Å². The third kappa shape index (κ3) is 1.41. The summed E-state index contributed by atoms with van der Waals surface area (Å²) in [5.41, 5.74) is -0.666. The summed E-state index contributed by atoms with van der Waals surface area (Å²) in [6.45, 7) is -0.162. The summed E-state index contributed by atoms with van der Waals surface area (Å²) in [5.74, 6) is -0.202. The number of cyclic esters (lactones) is 2. The fourth-order valence-electron chi connectivity index (χ4n) is 0.565. The molecule has 1 rings (SSSR count). The van der Waals surface area contributed by atoms with Crippen molar-refractivity contribution in [1.82, 2.24) is 0 Å². The maximum Gasteiger partial charge on any atom is 0.510 e. The lowest BCUT2D eigenvalue weighted by molar-refractivity contribution is -0.133. The number of ether oxygens (including phenoxy) is 2. The Balaban J connectivity index is 2.53. The first-order valence-electron chi connectivity index (χ1n) is 2.63. The molecule has 1 fully saturated rings. The highest BCUT2D eigenvalue weighted by atomic mass is 32.2. The van der Waals surface area contributed by atoms with Gasteiger partial charge in [-0.2, -0.15) is 0 Å². The van der Waals surface area contributed by atoms with Crippen molar-refractivity contribution in [2.45, 2.75) is 5.44 Å². The molecule has 0 aromatic rings. The summed E-state index contributed by atoms with van der Waals surface area (Å²) >= 11 is 1.18. The average molecular weight is 162 g/mol. The van der Waals surface area contributed by atoms with Crippen LogP contribution in [0, 0.1) is 0 Å². The summed E-state index contributed by atoms with van der Waals surface area (Å²) in [4.78, 5) is 21.1. The molecule has 1 aliphatic rings. The molecule has 1 aliphatic heterocycles. The molecule has 56 valence electrons. The number of rotatable bonds is 1. The van der Waals surface area contributed by atoms with Crippen molar-refractivity contribution in [3.05, 3.63) is 0 Å². The van der Waals surface area contributed by atoms with Crippen LogP contribution in [-0.2, 0) is 14.3 Å². The highest BCUT2D eigenvalue weighted by Gasteiger charge is 2.28. The molecular weight excluding hydrogens is 156 g/mol. The zero-order valence-corrected chi connectivity index (χ0v) is 6.14. The molecule has 0 radical (unpaired) electrons. The average Bonchev–Trinajstić information content (AvgIpc) is 1.94. The Kier molecular flexibility index (Phi) is 2.16. The molecule has 0 bridgehead atoms. The monoisotopic (exact) mass is 162 g/mol.